The highest BCUT2D eigenvalue weighted by Crippen LogP contribution is 2.16. The summed E-state index contributed by atoms with van der Waals surface area (Å²) in [7, 11) is 0. The molecular weight excluding hydrogens is 270 g/mol. The number of carbonyl (C=O) groups excluding carboxylic acids is 2. The lowest BCUT2D eigenvalue weighted by Crippen LogP contribution is -2.55. The topological polar surface area (TPSA) is 99.8 Å². The zero-order valence-electron chi connectivity index (χ0n) is 10.9. The Balaban J connectivity index is 1.82. The number of piperazine rings is 1. The largest absolute Gasteiger partial charge is 0.344 e. The van der Waals surface area contributed by atoms with Crippen molar-refractivity contribution in [3.63, 3.8) is 0 Å². The summed E-state index contributed by atoms with van der Waals surface area (Å²) in [5.41, 5.74) is 2.42. The van der Waals surface area contributed by atoms with Crippen LogP contribution in [0.3, 0.4) is 0 Å². The van der Waals surface area contributed by atoms with Gasteiger partial charge in [0, 0.05) is 35.3 Å². The second kappa shape index (κ2) is 5.46. The van der Waals surface area contributed by atoms with Crippen LogP contribution in [0.4, 0.5) is 0 Å². The third-order valence-electron chi connectivity index (χ3n) is 2.92. The molecule has 2 amide bonds. The number of H-pyrrole nitrogens is 1. The van der Waals surface area contributed by atoms with Crippen molar-refractivity contribution in [3.8, 4) is 23.0 Å². The molecule has 1 aliphatic heterocycles. The summed E-state index contributed by atoms with van der Waals surface area (Å²) >= 11 is 0. The van der Waals surface area contributed by atoms with Gasteiger partial charge in [0.1, 0.15) is 0 Å². The van der Waals surface area contributed by atoms with Crippen LogP contribution in [0.1, 0.15) is 5.56 Å². The molecule has 7 heteroatoms. The van der Waals surface area contributed by atoms with E-state index in [9.17, 15) is 9.59 Å². The predicted octanol–water partition coefficient (Wildman–Crippen LogP) is -0.562. The number of hydrogen-bond acceptors (Lipinski definition) is 4. The van der Waals surface area contributed by atoms with Crippen LogP contribution in [0.15, 0.2) is 30.9 Å². The number of aromatic nitrogens is 3. The van der Waals surface area contributed by atoms with Gasteiger partial charge in [-0.3, -0.25) is 19.7 Å². The third kappa shape index (κ3) is 2.90. The van der Waals surface area contributed by atoms with E-state index in [1.165, 1.54) is 0 Å². The molecular formula is C14H11N5O2. The monoisotopic (exact) mass is 281 g/mol. The average molecular weight is 281 g/mol. The molecule has 0 radical (unpaired) electrons. The maximum Gasteiger partial charge on any atom is 0.255 e. The van der Waals surface area contributed by atoms with E-state index in [-0.39, 0.29) is 18.4 Å². The van der Waals surface area contributed by atoms with E-state index in [1.807, 2.05) is 6.07 Å². The van der Waals surface area contributed by atoms with Crippen molar-refractivity contribution >= 4 is 11.8 Å². The molecule has 1 saturated heterocycles. The number of pyridine rings is 1. The van der Waals surface area contributed by atoms with Gasteiger partial charge in [-0.15, -0.1) is 0 Å². The van der Waals surface area contributed by atoms with Gasteiger partial charge in [0.15, 0.2) is 6.04 Å². The number of carbonyl (C=O) groups is 2. The lowest BCUT2D eigenvalue weighted by molar-refractivity contribution is -0.132. The SMILES string of the molecule is O=C1CNC(=O)C(C#Cc2cncc(-c3cn[nH]c3)c2)N1. The average Bonchev–Trinajstić information content (AvgIpc) is 3.03. The second-order valence-electron chi connectivity index (χ2n) is 4.44. The quantitative estimate of drug-likeness (QED) is 0.610. The van der Waals surface area contributed by atoms with Crippen LogP contribution >= 0.6 is 0 Å². The molecule has 0 bridgehead atoms. The van der Waals surface area contributed by atoms with E-state index in [0.29, 0.717) is 5.56 Å². The van der Waals surface area contributed by atoms with Crippen LogP contribution in [-0.2, 0) is 9.59 Å². The molecule has 0 spiro atoms. The molecule has 0 aromatic carbocycles. The summed E-state index contributed by atoms with van der Waals surface area (Å²) in [4.78, 5) is 26.9. The number of nitrogens with zero attached hydrogens (tertiary/aromatic N) is 2. The van der Waals surface area contributed by atoms with Gasteiger partial charge in [-0.2, -0.15) is 5.10 Å². The first-order valence-corrected chi connectivity index (χ1v) is 6.25. The molecule has 1 atom stereocenters. The fourth-order valence-corrected chi connectivity index (χ4v) is 1.88. The van der Waals surface area contributed by atoms with Crippen molar-refractivity contribution < 1.29 is 9.59 Å². The molecule has 1 unspecified atom stereocenters. The maximum absolute atomic E-state index is 11.6. The van der Waals surface area contributed by atoms with Gasteiger partial charge >= 0.3 is 0 Å². The first kappa shape index (κ1) is 12.9. The Kier molecular flexibility index (Phi) is 3.35. The fraction of sp³-hybridized carbons (Fsp3) is 0.143. The van der Waals surface area contributed by atoms with Gasteiger partial charge in [0.2, 0.25) is 5.91 Å². The highest BCUT2D eigenvalue weighted by Gasteiger charge is 2.23. The van der Waals surface area contributed by atoms with Crippen molar-refractivity contribution in [2.24, 2.45) is 0 Å². The van der Waals surface area contributed by atoms with Gasteiger partial charge in [-0.1, -0.05) is 11.8 Å². The molecule has 3 rings (SSSR count). The Labute approximate surface area is 120 Å². The predicted molar refractivity (Wildman–Crippen MR) is 73.6 cm³/mol. The van der Waals surface area contributed by atoms with Gasteiger partial charge < -0.3 is 10.6 Å². The van der Waals surface area contributed by atoms with E-state index < -0.39 is 6.04 Å². The van der Waals surface area contributed by atoms with E-state index in [4.69, 9.17) is 0 Å². The smallest absolute Gasteiger partial charge is 0.255 e. The minimum Gasteiger partial charge on any atom is -0.344 e. The Morgan fingerprint density at radius 3 is 2.90 bits per heavy atom. The molecule has 0 aliphatic carbocycles. The molecule has 2 aromatic heterocycles. The molecule has 7 nitrogen and oxygen atoms in total. The van der Waals surface area contributed by atoms with Crippen LogP contribution < -0.4 is 10.6 Å². The summed E-state index contributed by atoms with van der Waals surface area (Å²) < 4.78 is 0. The molecule has 1 fully saturated rings. The minimum absolute atomic E-state index is 0.00541. The first-order valence-electron chi connectivity index (χ1n) is 6.25. The highest BCUT2D eigenvalue weighted by atomic mass is 16.2. The number of amides is 2. The summed E-state index contributed by atoms with van der Waals surface area (Å²) in [6.07, 6.45) is 6.73. The van der Waals surface area contributed by atoms with Crippen molar-refractivity contribution in [1.82, 2.24) is 25.8 Å². The van der Waals surface area contributed by atoms with Gasteiger partial charge in [-0.25, -0.2) is 0 Å². The molecule has 2 aromatic rings. The minimum atomic E-state index is -0.830. The number of nitrogens with one attached hydrogen (secondary N) is 3. The van der Waals surface area contributed by atoms with Crippen LogP contribution in [0.25, 0.3) is 11.1 Å². The van der Waals surface area contributed by atoms with Crippen LogP contribution in [-0.4, -0.2) is 39.6 Å². The highest BCUT2D eigenvalue weighted by molar-refractivity contribution is 5.96. The summed E-state index contributed by atoms with van der Waals surface area (Å²) in [6, 6.07) is 1.01. The second-order valence-corrected chi connectivity index (χ2v) is 4.44. The summed E-state index contributed by atoms with van der Waals surface area (Å²) in [6.45, 7) is -0.00541. The maximum atomic E-state index is 11.6. The van der Waals surface area contributed by atoms with Crippen LogP contribution in [0.2, 0.25) is 0 Å². The zero-order chi connectivity index (χ0) is 14.7. The van der Waals surface area contributed by atoms with Crippen molar-refractivity contribution in [2.75, 3.05) is 6.54 Å². The van der Waals surface area contributed by atoms with E-state index >= 15 is 0 Å². The van der Waals surface area contributed by atoms with E-state index in [0.717, 1.165) is 11.1 Å². The molecule has 104 valence electrons. The van der Waals surface area contributed by atoms with Gasteiger partial charge in [-0.05, 0) is 6.07 Å². The van der Waals surface area contributed by atoms with Crippen molar-refractivity contribution in [2.45, 2.75) is 6.04 Å². The normalized spacial score (nSPS) is 17.4. The Bertz CT molecular complexity index is 742. The van der Waals surface area contributed by atoms with Gasteiger partial charge in [0.25, 0.3) is 5.91 Å². The number of aromatic amines is 1. The number of rotatable bonds is 1. The van der Waals surface area contributed by atoms with Crippen molar-refractivity contribution in [3.05, 3.63) is 36.4 Å². The van der Waals surface area contributed by atoms with Gasteiger partial charge in [0.05, 0.1) is 12.7 Å². The standard InChI is InChI=1S/C14H11N5O2/c20-13-8-16-14(21)12(19-13)2-1-9-3-10(5-15-4-9)11-6-17-18-7-11/h3-7,12H,8H2,(H,16,21)(H,17,18)(H,19,20). The lowest BCUT2D eigenvalue weighted by atomic mass is 10.1. The Morgan fingerprint density at radius 2 is 2.10 bits per heavy atom. The lowest BCUT2D eigenvalue weighted by Gasteiger charge is -2.18. The molecule has 0 saturated carbocycles. The first-order chi connectivity index (χ1) is 10.2. The van der Waals surface area contributed by atoms with Crippen LogP contribution in [0, 0.1) is 11.8 Å². The molecule has 3 N–H and O–H groups in total. The number of hydrogen-bond donors (Lipinski definition) is 3. The van der Waals surface area contributed by atoms with Crippen LogP contribution in [0.5, 0.6) is 0 Å². The van der Waals surface area contributed by atoms with E-state index in [2.05, 4.69) is 37.7 Å². The molecule has 3 heterocycles. The summed E-state index contributed by atoms with van der Waals surface area (Å²) in [5, 5.41) is 11.6. The molecule has 21 heavy (non-hydrogen) atoms. The van der Waals surface area contributed by atoms with Crippen molar-refractivity contribution in [1.29, 1.82) is 0 Å². The third-order valence-corrected chi connectivity index (χ3v) is 2.92. The Hall–Kier alpha value is -3.14. The fourth-order valence-electron chi connectivity index (χ4n) is 1.88. The summed E-state index contributed by atoms with van der Waals surface area (Å²) in [5.74, 6) is 5.03. The molecule has 1 aliphatic rings. The van der Waals surface area contributed by atoms with E-state index in [1.54, 1.807) is 24.8 Å². The zero-order valence-corrected chi connectivity index (χ0v) is 10.9. The Morgan fingerprint density at radius 1 is 1.19 bits per heavy atom.